The Bertz CT molecular complexity index is 2020. The van der Waals surface area contributed by atoms with Crippen molar-refractivity contribution in [1.82, 2.24) is 14.9 Å². The van der Waals surface area contributed by atoms with Gasteiger partial charge in [0.15, 0.2) is 0 Å². The Balaban J connectivity index is 1.24. The summed E-state index contributed by atoms with van der Waals surface area (Å²) in [7, 11) is 6.09. The number of carbonyl (C=O) groups excluding carboxylic acids is 1. The minimum absolute atomic E-state index is 0.00708. The number of benzene rings is 5. The molecule has 47 heavy (non-hydrogen) atoms. The molecule has 5 aromatic carbocycles. The van der Waals surface area contributed by atoms with Gasteiger partial charge < -0.3 is 25.4 Å². The molecule has 0 unspecified atom stereocenters. The first-order valence-corrected chi connectivity index (χ1v) is 15.9. The van der Waals surface area contributed by atoms with E-state index in [9.17, 15) is 4.79 Å². The summed E-state index contributed by atoms with van der Waals surface area (Å²) < 4.78 is 2.13. The van der Waals surface area contributed by atoms with Gasteiger partial charge in [-0.1, -0.05) is 78.9 Å². The minimum Gasteiger partial charge on any atom is -0.384 e. The first-order chi connectivity index (χ1) is 22.8. The number of fused-ring (bicyclic) bond motifs is 2. The highest BCUT2D eigenvalue weighted by atomic mass is 16.2. The third-order valence-corrected chi connectivity index (χ3v) is 8.74. The lowest BCUT2D eigenvalue weighted by Gasteiger charge is -2.24. The van der Waals surface area contributed by atoms with Gasteiger partial charge in [0.25, 0.3) is 0 Å². The van der Waals surface area contributed by atoms with Crippen LogP contribution in [0.3, 0.4) is 0 Å². The monoisotopic (exact) mass is 623 g/mol. The summed E-state index contributed by atoms with van der Waals surface area (Å²) in [5.74, 6) is 1.04. The lowest BCUT2D eigenvalue weighted by atomic mass is 10.0. The fourth-order valence-electron chi connectivity index (χ4n) is 5.98. The van der Waals surface area contributed by atoms with Crippen molar-refractivity contribution in [1.29, 1.82) is 5.41 Å². The standard InChI is InChI=1S/C39H41N7O/c1-44(2)32-18-13-28(14-19-32)24-42-25-38(47)46(26-31-9-6-8-29-7-4-5-10-34(29)31)33-20-21-36-35(23-33)43-37(45(36)3)22-15-27-11-16-30(17-12-27)39(40)41/h4-14,16-21,23,42H,15,22,24-26H2,1-3H3,(H3,40,41). The Morgan fingerprint density at radius 2 is 1.55 bits per heavy atom. The predicted octanol–water partition coefficient (Wildman–Crippen LogP) is 6.18. The van der Waals surface area contributed by atoms with Gasteiger partial charge in [0.1, 0.15) is 11.7 Å². The van der Waals surface area contributed by atoms with Gasteiger partial charge in [-0.05, 0) is 64.2 Å². The Morgan fingerprint density at radius 3 is 2.30 bits per heavy atom. The summed E-state index contributed by atoms with van der Waals surface area (Å²) in [5, 5.41) is 13.3. The second-order valence-electron chi connectivity index (χ2n) is 12.2. The first kappa shape index (κ1) is 31.5. The molecule has 1 amide bonds. The van der Waals surface area contributed by atoms with Crippen molar-refractivity contribution in [2.45, 2.75) is 25.9 Å². The highest BCUT2D eigenvalue weighted by Gasteiger charge is 2.19. The first-order valence-electron chi connectivity index (χ1n) is 15.9. The van der Waals surface area contributed by atoms with Crippen LogP contribution in [0.15, 0.2) is 109 Å². The fraction of sp³-hybridized carbons (Fsp3) is 0.205. The van der Waals surface area contributed by atoms with E-state index >= 15 is 0 Å². The normalized spacial score (nSPS) is 11.2. The van der Waals surface area contributed by atoms with E-state index in [0.29, 0.717) is 13.1 Å². The van der Waals surface area contributed by atoms with Crippen LogP contribution in [0.4, 0.5) is 11.4 Å². The summed E-state index contributed by atoms with van der Waals surface area (Å²) in [6.07, 6.45) is 1.58. The summed E-state index contributed by atoms with van der Waals surface area (Å²) in [6.45, 7) is 1.25. The number of nitrogens with zero attached hydrogens (tertiary/aromatic N) is 4. The Kier molecular flexibility index (Phi) is 9.31. The molecule has 0 saturated heterocycles. The number of rotatable bonds is 12. The number of anilines is 2. The quantitative estimate of drug-likeness (QED) is 0.112. The van der Waals surface area contributed by atoms with E-state index in [2.05, 4.69) is 75.4 Å². The average molecular weight is 624 g/mol. The zero-order chi connectivity index (χ0) is 32.9. The van der Waals surface area contributed by atoms with Crippen molar-refractivity contribution in [3.63, 3.8) is 0 Å². The Hall–Kier alpha value is -5.47. The van der Waals surface area contributed by atoms with Gasteiger partial charge in [-0.2, -0.15) is 0 Å². The van der Waals surface area contributed by atoms with E-state index in [1.807, 2.05) is 74.6 Å². The van der Waals surface area contributed by atoms with E-state index in [1.54, 1.807) is 0 Å². The van der Waals surface area contributed by atoms with E-state index in [1.165, 1.54) is 0 Å². The van der Waals surface area contributed by atoms with Crippen LogP contribution in [-0.4, -0.2) is 41.9 Å². The van der Waals surface area contributed by atoms with Crippen molar-refractivity contribution < 1.29 is 4.79 Å². The third-order valence-electron chi connectivity index (χ3n) is 8.74. The molecule has 4 N–H and O–H groups in total. The maximum Gasteiger partial charge on any atom is 0.241 e. The van der Waals surface area contributed by atoms with E-state index < -0.39 is 0 Å². The summed E-state index contributed by atoms with van der Waals surface area (Å²) in [6, 6.07) is 36.8. The molecule has 6 rings (SSSR count). The van der Waals surface area contributed by atoms with Crippen LogP contribution in [0.1, 0.15) is 28.1 Å². The maximum atomic E-state index is 14.0. The second kappa shape index (κ2) is 13.9. The SMILES string of the molecule is CN(C)c1ccc(CNCC(=O)N(Cc2cccc3ccccc23)c2ccc3c(c2)nc(CCc2ccc(C(=N)N)cc2)n3C)cc1. The van der Waals surface area contributed by atoms with Crippen molar-refractivity contribution >= 4 is 44.9 Å². The van der Waals surface area contributed by atoms with Crippen LogP contribution in [-0.2, 0) is 37.8 Å². The molecule has 8 heteroatoms. The number of aryl methyl sites for hydroxylation is 3. The summed E-state index contributed by atoms with van der Waals surface area (Å²) >= 11 is 0. The molecule has 0 aliphatic heterocycles. The van der Waals surface area contributed by atoms with Crippen LogP contribution < -0.4 is 20.9 Å². The maximum absolute atomic E-state index is 14.0. The van der Waals surface area contributed by atoms with Gasteiger partial charge in [-0.3, -0.25) is 10.2 Å². The van der Waals surface area contributed by atoms with Gasteiger partial charge in [-0.25, -0.2) is 4.98 Å². The molecule has 8 nitrogen and oxygen atoms in total. The smallest absolute Gasteiger partial charge is 0.241 e. The van der Waals surface area contributed by atoms with E-state index in [4.69, 9.17) is 16.1 Å². The number of hydrogen-bond acceptors (Lipinski definition) is 5. The van der Waals surface area contributed by atoms with Crippen LogP contribution in [0, 0.1) is 5.41 Å². The van der Waals surface area contributed by atoms with Gasteiger partial charge >= 0.3 is 0 Å². The van der Waals surface area contributed by atoms with Gasteiger partial charge in [0.2, 0.25) is 5.91 Å². The number of hydrogen-bond donors (Lipinski definition) is 3. The van der Waals surface area contributed by atoms with Crippen molar-refractivity contribution in [3.05, 3.63) is 137 Å². The molecule has 0 atom stereocenters. The van der Waals surface area contributed by atoms with Gasteiger partial charge in [0, 0.05) is 51.0 Å². The van der Waals surface area contributed by atoms with Crippen molar-refractivity contribution in [2.75, 3.05) is 30.4 Å². The number of nitrogens with one attached hydrogen (secondary N) is 2. The van der Waals surface area contributed by atoms with Crippen molar-refractivity contribution in [2.24, 2.45) is 12.8 Å². The van der Waals surface area contributed by atoms with E-state index in [0.717, 1.165) is 74.1 Å². The summed E-state index contributed by atoms with van der Waals surface area (Å²) in [5.41, 5.74) is 13.6. The van der Waals surface area contributed by atoms with Gasteiger partial charge in [-0.15, -0.1) is 0 Å². The number of imidazole rings is 1. The molecule has 0 aliphatic rings. The lowest BCUT2D eigenvalue weighted by Crippen LogP contribution is -2.37. The molecule has 0 fully saturated rings. The molecular weight excluding hydrogens is 582 g/mol. The zero-order valence-corrected chi connectivity index (χ0v) is 27.2. The number of amidine groups is 1. The molecule has 0 saturated carbocycles. The highest BCUT2D eigenvalue weighted by molar-refractivity contribution is 5.97. The molecule has 6 aromatic rings. The van der Waals surface area contributed by atoms with Crippen molar-refractivity contribution in [3.8, 4) is 0 Å². The molecule has 238 valence electrons. The topological polar surface area (TPSA) is 103 Å². The number of aromatic nitrogens is 2. The number of amides is 1. The Morgan fingerprint density at radius 1 is 0.851 bits per heavy atom. The van der Waals surface area contributed by atoms with Crippen LogP contribution >= 0.6 is 0 Å². The number of carbonyl (C=O) groups is 1. The zero-order valence-electron chi connectivity index (χ0n) is 27.2. The average Bonchev–Trinajstić information content (AvgIpc) is 3.40. The van der Waals surface area contributed by atoms with Crippen LogP contribution in [0.25, 0.3) is 21.8 Å². The lowest BCUT2D eigenvalue weighted by molar-refractivity contribution is -0.118. The molecule has 0 aliphatic carbocycles. The molecule has 1 aromatic heterocycles. The number of nitrogen functional groups attached to an aromatic ring is 1. The number of nitrogens with two attached hydrogens (primary N) is 1. The van der Waals surface area contributed by atoms with Crippen LogP contribution in [0.2, 0.25) is 0 Å². The largest absolute Gasteiger partial charge is 0.384 e. The second-order valence-corrected chi connectivity index (χ2v) is 12.2. The molecule has 0 spiro atoms. The minimum atomic E-state index is -0.00708. The molecule has 0 radical (unpaired) electrons. The fourth-order valence-corrected chi connectivity index (χ4v) is 5.98. The Labute approximate surface area is 276 Å². The predicted molar refractivity (Wildman–Crippen MR) is 193 cm³/mol. The third kappa shape index (κ3) is 7.18. The molecule has 1 heterocycles. The van der Waals surface area contributed by atoms with Gasteiger partial charge in [0.05, 0.1) is 24.1 Å². The van der Waals surface area contributed by atoms with E-state index in [-0.39, 0.29) is 18.3 Å². The summed E-state index contributed by atoms with van der Waals surface area (Å²) in [4.78, 5) is 22.9. The highest BCUT2D eigenvalue weighted by Crippen LogP contribution is 2.27. The molecule has 0 bridgehead atoms. The molecular formula is C39H41N7O. The van der Waals surface area contributed by atoms with Crippen LogP contribution in [0.5, 0.6) is 0 Å².